The normalized spacial score (nSPS) is 30.4. The average Bonchev–Trinajstić information content (AvgIpc) is 2.91. The van der Waals surface area contributed by atoms with Crippen LogP contribution in [0.15, 0.2) is 6.20 Å². The van der Waals surface area contributed by atoms with Gasteiger partial charge in [0.1, 0.15) is 23.3 Å². The zero-order valence-electron chi connectivity index (χ0n) is 9.67. The molecule has 1 fully saturated rings. The molecular formula is C11H15FN4O2. The smallest absolute Gasteiger partial charge is 0.167 e. The lowest BCUT2D eigenvalue weighted by Crippen LogP contribution is -2.43. The first-order valence-electron chi connectivity index (χ1n) is 5.90. The number of nitrogens with one attached hydrogen (secondary N) is 1. The van der Waals surface area contributed by atoms with Gasteiger partial charge in [0.2, 0.25) is 0 Å². The highest BCUT2D eigenvalue weighted by molar-refractivity contribution is 5.83. The van der Waals surface area contributed by atoms with E-state index in [0.29, 0.717) is 30.9 Å². The fourth-order valence-electron chi connectivity index (χ4n) is 2.75. The summed E-state index contributed by atoms with van der Waals surface area (Å²) in [6.07, 6.45) is 0.588. The molecule has 5 N–H and O–H groups in total. The number of hydrogen-bond acceptors (Lipinski definition) is 6. The number of rotatable bonds is 1. The van der Waals surface area contributed by atoms with Crippen molar-refractivity contribution in [3.8, 4) is 0 Å². The molecule has 0 amide bonds. The van der Waals surface area contributed by atoms with E-state index in [1.807, 2.05) is 0 Å². The molecule has 98 valence electrons. The third kappa shape index (κ3) is 1.51. The van der Waals surface area contributed by atoms with Crippen LogP contribution in [-0.2, 0) is 0 Å². The zero-order chi connectivity index (χ0) is 12.9. The molecule has 3 unspecified atom stereocenters. The van der Waals surface area contributed by atoms with Gasteiger partial charge in [0.15, 0.2) is 5.82 Å². The van der Waals surface area contributed by atoms with E-state index in [1.54, 1.807) is 4.90 Å². The number of aliphatic hydroxyl groups excluding tert-OH is 2. The van der Waals surface area contributed by atoms with Crippen LogP contribution in [-0.4, -0.2) is 40.1 Å². The largest absolute Gasteiger partial charge is 0.390 e. The summed E-state index contributed by atoms with van der Waals surface area (Å²) in [6.45, 7) is 0.358. The van der Waals surface area contributed by atoms with Gasteiger partial charge in [-0.05, 0) is 12.8 Å². The molecular weight excluding hydrogens is 239 g/mol. The van der Waals surface area contributed by atoms with Gasteiger partial charge in [-0.2, -0.15) is 0 Å². The minimum Gasteiger partial charge on any atom is -0.390 e. The highest BCUT2D eigenvalue weighted by Gasteiger charge is 2.41. The van der Waals surface area contributed by atoms with E-state index < -0.39 is 18.0 Å². The van der Waals surface area contributed by atoms with E-state index >= 15 is 0 Å². The van der Waals surface area contributed by atoms with Crippen molar-refractivity contribution in [2.75, 3.05) is 22.6 Å². The standard InChI is InChI=1S/C11H15FN4O2/c12-5-3-14-11(13)8-9(5)16(4-15-8)6-1-2-7(17)10(6)18/h3,6-7,10,15,17-18H,1-2,4H2,(H2,13,14). The van der Waals surface area contributed by atoms with Crippen molar-refractivity contribution in [1.29, 1.82) is 0 Å². The van der Waals surface area contributed by atoms with Gasteiger partial charge in [0, 0.05) is 0 Å². The van der Waals surface area contributed by atoms with Crippen LogP contribution in [0.3, 0.4) is 0 Å². The monoisotopic (exact) mass is 254 g/mol. The van der Waals surface area contributed by atoms with Gasteiger partial charge in [-0.15, -0.1) is 0 Å². The molecule has 2 aliphatic rings. The van der Waals surface area contributed by atoms with Crippen molar-refractivity contribution in [3.63, 3.8) is 0 Å². The first kappa shape index (κ1) is 11.5. The lowest BCUT2D eigenvalue weighted by Gasteiger charge is -2.29. The third-order valence-corrected chi connectivity index (χ3v) is 3.70. The van der Waals surface area contributed by atoms with Gasteiger partial charge in [-0.1, -0.05) is 0 Å². The Labute approximate surface area is 103 Å². The fraction of sp³-hybridized carbons (Fsp3) is 0.545. The SMILES string of the molecule is Nc1ncc(F)c2c1NCN2C1CCC(O)C1O. The number of fused-ring (bicyclic) bond motifs is 1. The number of aromatic nitrogens is 1. The minimum absolute atomic E-state index is 0.238. The maximum Gasteiger partial charge on any atom is 0.167 e. The van der Waals surface area contributed by atoms with E-state index in [1.165, 1.54) is 0 Å². The van der Waals surface area contributed by atoms with E-state index in [-0.39, 0.29) is 11.9 Å². The first-order chi connectivity index (χ1) is 8.59. The Kier molecular flexibility index (Phi) is 2.53. The predicted molar refractivity (Wildman–Crippen MR) is 64.6 cm³/mol. The topological polar surface area (TPSA) is 94.6 Å². The van der Waals surface area contributed by atoms with Gasteiger partial charge >= 0.3 is 0 Å². The summed E-state index contributed by atoms with van der Waals surface area (Å²) >= 11 is 0. The fourth-order valence-corrected chi connectivity index (χ4v) is 2.75. The van der Waals surface area contributed by atoms with Gasteiger partial charge in [-0.3, -0.25) is 0 Å². The summed E-state index contributed by atoms with van der Waals surface area (Å²) in [5.74, 6) is -0.236. The molecule has 1 aromatic rings. The van der Waals surface area contributed by atoms with Crippen LogP contribution in [0.2, 0.25) is 0 Å². The predicted octanol–water partition coefficient (Wildman–Crippen LogP) is -0.124. The Hall–Kier alpha value is -1.60. The molecule has 0 aromatic carbocycles. The van der Waals surface area contributed by atoms with Gasteiger partial charge in [0.05, 0.1) is 25.0 Å². The molecule has 6 nitrogen and oxygen atoms in total. The van der Waals surface area contributed by atoms with Crippen LogP contribution in [0.25, 0.3) is 0 Å². The van der Waals surface area contributed by atoms with Crippen LogP contribution < -0.4 is 16.0 Å². The van der Waals surface area contributed by atoms with Crippen molar-refractivity contribution >= 4 is 17.2 Å². The third-order valence-electron chi connectivity index (χ3n) is 3.70. The lowest BCUT2D eigenvalue weighted by atomic mass is 10.1. The summed E-state index contributed by atoms with van der Waals surface area (Å²) in [7, 11) is 0. The summed E-state index contributed by atoms with van der Waals surface area (Å²) in [5.41, 5.74) is 6.48. The summed E-state index contributed by atoms with van der Waals surface area (Å²) in [5, 5.41) is 22.5. The van der Waals surface area contributed by atoms with Crippen LogP contribution in [0.1, 0.15) is 12.8 Å². The van der Waals surface area contributed by atoms with Crippen LogP contribution in [0.4, 0.5) is 21.6 Å². The van der Waals surface area contributed by atoms with Crippen molar-refractivity contribution in [3.05, 3.63) is 12.0 Å². The number of nitrogens with zero attached hydrogens (tertiary/aromatic N) is 2. The summed E-state index contributed by atoms with van der Waals surface area (Å²) in [4.78, 5) is 5.46. The van der Waals surface area contributed by atoms with E-state index in [4.69, 9.17) is 5.73 Å². The van der Waals surface area contributed by atoms with Crippen molar-refractivity contribution in [2.45, 2.75) is 31.1 Å². The number of pyridine rings is 1. The Morgan fingerprint density at radius 2 is 2.22 bits per heavy atom. The molecule has 1 aliphatic carbocycles. The molecule has 1 aliphatic heterocycles. The van der Waals surface area contributed by atoms with Crippen LogP contribution >= 0.6 is 0 Å². The molecule has 0 spiro atoms. The van der Waals surface area contributed by atoms with Crippen molar-refractivity contribution < 1.29 is 14.6 Å². The average molecular weight is 254 g/mol. The highest BCUT2D eigenvalue weighted by atomic mass is 19.1. The highest BCUT2D eigenvalue weighted by Crippen LogP contribution is 2.41. The zero-order valence-corrected chi connectivity index (χ0v) is 9.67. The molecule has 7 heteroatoms. The molecule has 2 heterocycles. The molecule has 3 atom stereocenters. The van der Waals surface area contributed by atoms with Crippen molar-refractivity contribution in [2.24, 2.45) is 0 Å². The Morgan fingerprint density at radius 3 is 2.89 bits per heavy atom. The summed E-state index contributed by atoms with van der Waals surface area (Å²) in [6, 6.07) is -0.301. The second-order valence-corrected chi connectivity index (χ2v) is 4.72. The lowest BCUT2D eigenvalue weighted by molar-refractivity contribution is 0.0352. The molecule has 1 aromatic heterocycles. The maximum absolute atomic E-state index is 13.9. The minimum atomic E-state index is -0.869. The van der Waals surface area contributed by atoms with Crippen LogP contribution in [0, 0.1) is 5.82 Å². The maximum atomic E-state index is 13.9. The number of nitrogen functional groups attached to an aromatic ring is 1. The van der Waals surface area contributed by atoms with Gasteiger partial charge in [0.25, 0.3) is 0 Å². The van der Waals surface area contributed by atoms with Gasteiger partial charge in [-0.25, -0.2) is 9.37 Å². The number of aliphatic hydroxyl groups is 2. The molecule has 0 bridgehead atoms. The molecule has 18 heavy (non-hydrogen) atoms. The molecule has 0 radical (unpaired) electrons. The quantitative estimate of drug-likeness (QED) is 0.558. The Morgan fingerprint density at radius 1 is 1.44 bits per heavy atom. The first-order valence-corrected chi connectivity index (χ1v) is 5.90. The van der Waals surface area contributed by atoms with E-state index in [0.717, 1.165) is 6.20 Å². The number of anilines is 3. The number of nitrogens with two attached hydrogens (primary N) is 1. The molecule has 1 saturated carbocycles. The number of halogens is 1. The van der Waals surface area contributed by atoms with E-state index in [2.05, 4.69) is 10.3 Å². The Bertz CT molecular complexity index is 484. The molecule has 3 rings (SSSR count). The van der Waals surface area contributed by atoms with E-state index in [9.17, 15) is 14.6 Å². The number of hydrogen-bond donors (Lipinski definition) is 4. The summed E-state index contributed by atoms with van der Waals surface area (Å²) < 4.78 is 13.9. The second-order valence-electron chi connectivity index (χ2n) is 4.72. The Balaban J connectivity index is 1.98. The van der Waals surface area contributed by atoms with Crippen molar-refractivity contribution in [1.82, 2.24) is 4.98 Å². The molecule has 0 saturated heterocycles. The van der Waals surface area contributed by atoms with Crippen LogP contribution in [0.5, 0.6) is 0 Å². The second kappa shape index (κ2) is 3.96. The van der Waals surface area contributed by atoms with Gasteiger partial charge < -0.3 is 26.2 Å².